The molecule has 28 heavy (non-hydrogen) atoms. The Bertz CT molecular complexity index is 930. The number of carbonyl (C=O) groups is 2. The normalized spacial score (nSPS) is 10.2. The number of amides is 2. The van der Waals surface area contributed by atoms with Crippen molar-refractivity contribution in [2.75, 3.05) is 11.9 Å². The van der Waals surface area contributed by atoms with E-state index in [1.807, 2.05) is 54.6 Å². The number of anilines is 1. The summed E-state index contributed by atoms with van der Waals surface area (Å²) in [6.07, 6.45) is 1.66. The highest BCUT2D eigenvalue weighted by atomic mass is 16.5. The molecular weight excluding hydrogens is 354 g/mol. The number of hydrogen-bond acceptors (Lipinski definition) is 4. The van der Waals surface area contributed by atoms with Gasteiger partial charge in [-0.15, -0.1) is 0 Å². The Kier molecular flexibility index (Phi) is 6.36. The Morgan fingerprint density at radius 1 is 0.964 bits per heavy atom. The van der Waals surface area contributed by atoms with Gasteiger partial charge in [0.1, 0.15) is 12.3 Å². The van der Waals surface area contributed by atoms with Crippen molar-refractivity contribution in [2.24, 2.45) is 0 Å². The minimum Gasteiger partial charge on any atom is -0.455 e. The molecule has 0 aliphatic heterocycles. The quantitative estimate of drug-likeness (QED) is 0.681. The van der Waals surface area contributed by atoms with Gasteiger partial charge in [-0.05, 0) is 36.4 Å². The Morgan fingerprint density at radius 2 is 1.68 bits per heavy atom. The lowest BCUT2D eigenvalue weighted by Gasteiger charge is -2.20. The van der Waals surface area contributed by atoms with Crippen molar-refractivity contribution < 1.29 is 14.3 Å². The van der Waals surface area contributed by atoms with Crippen LogP contribution < -0.4 is 10.1 Å². The molecule has 6 heteroatoms. The second-order valence-electron chi connectivity index (χ2n) is 6.16. The number of para-hydroxylation sites is 3. The van der Waals surface area contributed by atoms with E-state index < -0.39 is 0 Å². The maximum atomic E-state index is 12.5. The van der Waals surface area contributed by atoms with E-state index in [0.29, 0.717) is 17.2 Å². The third-order valence-electron chi connectivity index (χ3n) is 3.99. The molecule has 0 fully saturated rings. The Labute approximate surface area is 163 Å². The van der Waals surface area contributed by atoms with Crippen molar-refractivity contribution in [3.63, 3.8) is 0 Å². The molecule has 2 aromatic carbocycles. The molecule has 0 aliphatic rings. The highest BCUT2D eigenvalue weighted by Gasteiger charge is 2.16. The summed E-state index contributed by atoms with van der Waals surface area (Å²) in [5.74, 6) is 0.690. The molecule has 0 unspecified atom stereocenters. The largest absolute Gasteiger partial charge is 0.455 e. The fourth-order valence-electron chi connectivity index (χ4n) is 2.60. The first kappa shape index (κ1) is 19.1. The third-order valence-corrected chi connectivity index (χ3v) is 3.99. The predicted octanol–water partition coefficient (Wildman–Crippen LogP) is 3.86. The van der Waals surface area contributed by atoms with E-state index >= 15 is 0 Å². The van der Waals surface area contributed by atoms with Gasteiger partial charge in [0, 0.05) is 13.1 Å². The molecule has 3 rings (SSSR count). The van der Waals surface area contributed by atoms with Crippen LogP contribution >= 0.6 is 0 Å². The van der Waals surface area contributed by atoms with Crippen molar-refractivity contribution in [3.05, 3.63) is 84.7 Å². The molecule has 6 nitrogen and oxygen atoms in total. The Balaban J connectivity index is 1.67. The second kappa shape index (κ2) is 9.32. The third kappa shape index (κ3) is 5.41. The fraction of sp³-hybridized carbons (Fsp3) is 0.136. The van der Waals surface area contributed by atoms with Crippen LogP contribution in [0.2, 0.25) is 0 Å². The van der Waals surface area contributed by atoms with Crippen molar-refractivity contribution in [3.8, 4) is 11.5 Å². The topological polar surface area (TPSA) is 71.5 Å². The summed E-state index contributed by atoms with van der Waals surface area (Å²) in [4.78, 5) is 30.1. The van der Waals surface area contributed by atoms with Crippen molar-refractivity contribution in [1.29, 1.82) is 0 Å². The summed E-state index contributed by atoms with van der Waals surface area (Å²) in [7, 11) is 0. The van der Waals surface area contributed by atoms with E-state index in [0.717, 1.165) is 5.69 Å². The number of rotatable bonds is 7. The summed E-state index contributed by atoms with van der Waals surface area (Å²) in [5.41, 5.74) is 1.26. The molecule has 142 valence electrons. The zero-order chi connectivity index (χ0) is 19.8. The van der Waals surface area contributed by atoms with Crippen molar-refractivity contribution in [2.45, 2.75) is 13.5 Å². The smallest absolute Gasteiger partial charge is 0.244 e. The minimum absolute atomic E-state index is 0.0778. The number of hydrogen-bond donors (Lipinski definition) is 1. The van der Waals surface area contributed by atoms with Crippen LogP contribution in [0.4, 0.5) is 5.69 Å². The highest BCUT2D eigenvalue weighted by Crippen LogP contribution is 2.29. The van der Waals surface area contributed by atoms with E-state index in [-0.39, 0.29) is 24.9 Å². The van der Waals surface area contributed by atoms with Crippen LogP contribution in [0.3, 0.4) is 0 Å². The second-order valence-corrected chi connectivity index (χ2v) is 6.16. The standard InChI is InChI=1S/C22H21N3O3/c1-17(26)25(15-18-9-7-8-14-23-18)16-22(27)24-20-12-5-6-13-21(20)28-19-10-3-2-4-11-19/h2-14H,15-16H2,1H3,(H,24,27). The van der Waals surface area contributed by atoms with Gasteiger partial charge in [-0.1, -0.05) is 36.4 Å². The van der Waals surface area contributed by atoms with Crippen LogP contribution in [0.15, 0.2) is 79.0 Å². The Hall–Kier alpha value is -3.67. The number of nitrogens with zero attached hydrogens (tertiary/aromatic N) is 2. The van der Waals surface area contributed by atoms with Gasteiger partial charge in [0.15, 0.2) is 5.75 Å². The lowest BCUT2D eigenvalue weighted by molar-refractivity contribution is -0.133. The van der Waals surface area contributed by atoms with Gasteiger partial charge in [-0.3, -0.25) is 14.6 Å². The summed E-state index contributed by atoms with van der Waals surface area (Å²) in [6.45, 7) is 1.63. The number of nitrogens with one attached hydrogen (secondary N) is 1. The van der Waals surface area contributed by atoms with Crippen LogP contribution in [-0.4, -0.2) is 28.2 Å². The van der Waals surface area contributed by atoms with Crippen LogP contribution in [0.25, 0.3) is 0 Å². The molecule has 3 aromatic rings. The minimum atomic E-state index is -0.310. The zero-order valence-corrected chi connectivity index (χ0v) is 15.5. The molecule has 0 atom stereocenters. The summed E-state index contributed by atoms with van der Waals surface area (Å²) < 4.78 is 5.85. The molecule has 1 N–H and O–H groups in total. The van der Waals surface area contributed by atoms with Gasteiger partial charge in [-0.25, -0.2) is 0 Å². The van der Waals surface area contributed by atoms with Crippen LogP contribution in [-0.2, 0) is 16.1 Å². The van der Waals surface area contributed by atoms with Crippen LogP contribution in [0.1, 0.15) is 12.6 Å². The van der Waals surface area contributed by atoms with E-state index in [1.165, 1.54) is 11.8 Å². The molecule has 2 amide bonds. The number of pyridine rings is 1. The first-order valence-electron chi connectivity index (χ1n) is 8.89. The summed E-state index contributed by atoms with van der Waals surface area (Å²) >= 11 is 0. The summed E-state index contributed by atoms with van der Waals surface area (Å²) in [6, 6.07) is 22.0. The molecule has 0 radical (unpaired) electrons. The molecule has 0 bridgehead atoms. The lowest BCUT2D eigenvalue weighted by atomic mass is 10.2. The maximum Gasteiger partial charge on any atom is 0.244 e. The highest BCUT2D eigenvalue weighted by molar-refractivity contribution is 5.95. The zero-order valence-electron chi connectivity index (χ0n) is 15.5. The Morgan fingerprint density at radius 3 is 2.39 bits per heavy atom. The van der Waals surface area contributed by atoms with Gasteiger partial charge >= 0.3 is 0 Å². The first-order valence-corrected chi connectivity index (χ1v) is 8.89. The van der Waals surface area contributed by atoms with E-state index in [9.17, 15) is 9.59 Å². The number of ether oxygens (including phenoxy) is 1. The van der Waals surface area contributed by atoms with Crippen LogP contribution in [0, 0.1) is 0 Å². The molecule has 0 aliphatic carbocycles. The number of aromatic nitrogens is 1. The molecule has 0 saturated heterocycles. The van der Waals surface area contributed by atoms with Gasteiger partial charge in [-0.2, -0.15) is 0 Å². The SMILES string of the molecule is CC(=O)N(CC(=O)Nc1ccccc1Oc1ccccc1)Cc1ccccn1. The van der Waals surface area contributed by atoms with Gasteiger partial charge in [0.05, 0.1) is 17.9 Å². The van der Waals surface area contributed by atoms with Gasteiger partial charge in [0.2, 0.25) is 11.8 Å². The van der Waals surface area contributed by atoms with E-state index in [4.69, 9.17) is 4.74 Å². The average Bonchev–Trinajstić information content (AvgIpc) is 2.70. The molecular formula is C22H21N3O3. The molecule has 0 spiro atoms. The van der Waals surface area contributed by atoms with Crippen molar-refractivity contribution in [1.82, 2.24) is 9.88 Å². The monoisotopic (exact) mass is 375 g/mol. The number of benzene rings is 2. The fourth-order valence-corrected chi connectivity index (χ4v) is 2.60. The molecule has 1 aromatic heterocycles. The van der Waals surface area contributed by atoms with E-state index in [2.05, 4.69) is 10.3 Å². The average molecular weight is 375 g/mol. The molecule has 0 saturated carbocycles. The lowest BCUT2D eigenvalue weighted by Crippen LogP contribution is -2.36. The maximum absolute atomic E-state index is 12.5. The summed E-state index contributed by atoms with van der Waals surface area (Å²) in [5, 5.41) is 2.82. The molecule has 1 heterocycles. The van der Waals surface area contributed by atoms with Crippen molar-refractivity contribution >= 4 is 17.5 Å². The van der Waals surface area contributed by atoms with Gasteiger partial charge in [0.25, 0.3) is 0 Å². The van der Waals surface area contributed by atoms with Gasteiger partial charge < -0.3 is 15.0 Å². The predicted molar refractivity (Wildman–Crippen MR) is 107 cm³/mol. The van der Waals surface area contributed by atoms with E-state index in [1.54, 1.807) is 24.4 Å². The first-order chi connectivity index (χ1) is 13.6. The van der Waals surface area contributed by atoms with Crippen LogP contribution in [0.5, 0.6) is 11.5 Å². The number of carbonyl (C=O) groups excluding carboxylic acids is 2.